The van der Waals surface area contributed by atoms with Crippen molar-refractivity contribution < 1.29 is 9.21 Å². The third-order valence-electron chi connectivity index (χ3n) is 4.11. The van der Waals surface area contributed by atoms with Gasteiger partial charge in [-0.15, -0.1) is 0 Å². The van der Waals surface area contributed by atoms with E-state index in [9.17, 15) is 9.59 Å². The van der Waals surface area contributed by atoms with Crippen molar-refractivity contribution in [3.8, 4) is 0 Å². The number of amides is 1. The second-order valence-electron chi connectivity index (χ2n) is 5.84. The maximum absolute atomic E-state index is 12.5. The molecule has 6 heteroatoms. The summed E-state index contributed by atoms with van der Waals surface area (Å²) in [4.78, 5) is 24.9. The maximum Gasteiger partial charge on any atom is 0.329 e. The number of benzene rings is 1. The van der Waals surface area contributed by atoms with E-state index in [1.165, 1.54) is 4.57 Å². The van der Waals surface area contributed by atoms with Crippen LogP contribution in [0.25, 0.3) is 11.0 Å². The summed E-state index contributed by atoms with van der Waals surface area (Å²) in [7, 11) is 0. The van der Waals surface area contributed by atoms with Crippen LogP contribution in [-0.4, -0.2) is 15.0 Å². The number of hydrogen-bond acceptors (Lipinski definition) is 3. The zero-order valence-corrected chi connectivity index (χ0v) is 14.1. The number of imidazole rings is 1. The molecule has 0 radical (unpaired) electrons. The Kier molecular flexibility index (Phi) is 4.29. The molecule has 24 heavy (non-hydrogen) atoms. The number of aromatic nitrogens is 2. The van der Waals surface area contributed by atoms with Crippen LogP contribution in [0.3, 0.4) is 0 Å². The molecule has 1 N–H and O–H groups in total. The molecular weight excluding hydrogens is 306 g/mol. The monoisotopic (exact) mass is 327 g/mol. The Bertz CT molecular complexity index is 933. The third-order valence-corrected chi connectivity index (χ3v) is 4.11. The van der Waals surface area contributed by atoms with E-state index in [2.05, 4.69) is 5.32 Å². The first-order valence-electron chi connectivity index (χ1n) is 8.05. The Balaban J connectivity index is 1.83. The average molecular weight is 327 g/mol. The first-order chi connectivity index (χ1) is 11.5. The molecule has 6 nitrogen and oxygen atoms in total. The summed E-state index contributed by atoms with van der Waals surface area (Å²) in [5.41, 5.74) is 1.43. The van der Waals surface area contributed by atoms with Gasteiger partial charge in [0.15, 0.2) is 0 Å². The van der Waals surface area contributed by atoms with E-state index in [-0.39, 0.29) is 24.2 Å². The molecule has 126 valence electrons. The standard InChI is InChI=1S/C18H21N3O3/c1-4-20-14-7-5-6-8-15(14)21(18(20)23)11-17(22)19-13(3)16-10-9-12(2)24-16/h5-10,13H,4,11H2,1-3H3,(H,19,22). The van der Waals surface area contributed by atoms with E-state index >= 15 is 0 Å². The van der Waals surface area contributed by atoms with Crippen LogP contribution in [0.4, 0.5) is 0 Å². The minimum atomic E-state index is -0.249. The number of carbonyl (C=O) groups excluding carboxylic acids is 1. The summed E-state index contributed by atoms with van der Waals surface area (Å²) in [6.45, 7) is 6.18. The van der Waals surface area contributed by atoms with Crippen molar-refractivity contribution >= 4 is 16.9 Å². The van der Waals surface area contributed by atoms with Crippen LogP contribution in [0.1, 0.15) is 31.4 Å². The SMILES string of the molecule is CCn1c(=O)n(CC(=O)NC(C)c2ccc(C)o2)c2ccccc21. The Morgan fingerprint density at radius 1 is 1.17 bits per heavy atom. The number of fused-ring (bicyclic) bond motifs is 1. The largest absolute Gasteiger partial charge is 0.464 e. The number of hydrogen-bond donors (Lipinski definition) is 1. The average Bonchev–Trinajstić information content (AvgIpc) is 3.10. The number of furan rings is 1. The van der Waals surface area contributed by atoms with Crippen molar-refractivity contribution in [1.82, 2.24) is 14.5 Å². The van der Waals surface area contributed by atoms with Crippen molar-refractivity contribution in [2.75, 3.05) is 0 Å². The highest BCUT2D eigenvalue weighted by molar-refractivity contribution is 5.81. The lowest BCUT2D eigenvalue weighted by Gasteiger charge is -2.12. The van der Waals surface area contributed by atoms with Gasteiger partial charge < -0.3 is 9.73 Å². The van der Waals surface area contributed by atoms with Crippen molar-refractivity contribution in [1.29, 1.82) is 0 Å². The minimum absolute atomic E-state index is 0.0175. The molecule has 1 amide bonds. The maximum atomic E-state index is 12.5. The van der Waals surface area contributed by atoms with Gasteiger partial charge in [0.1, 0.15) is 18.1 Å². The van der Waals surface area contributed by atoms with E-state index in [1.807, 2.05) is 57.2 Å². The fraction of sp³-hybridized carbons (Fsp3) is 0.333. The molecule has 0 aliphatic heterocycles. The molecule has 0 spiro atoms. The second-order valence-corrected chi connectivity index (χ2v) is 5.84. The molecular formula is C18H21N3O3. The van der Waals surface area contributed by atoms with E-state index in [0.717, 1.165) is 16.8 Å². The van der Waals surface area contributed by atoms with Gasteiger partial charge in [0, 0.05) is 6.54 Å². The van der Waals surface area contributed by atoms with Crippen molar-refractivity contribution in [2.45, 2.75) is 39.9 Å². The van der Waals surface area contributed by atoms with Crippen LogP contribution in [0.2, 0.25) is 0 Å². The van der Waals surface area contributed by atoms with Gasteiger partial charge in [0.2, 0.25) is 5.91 Å². The highest BCUT2D eigenvalue weighted by Crippen LogP contribution is 2.16. The molecule has 0 saturated heterocycles. The lowest BCUT2D eigenvalue weighted by molar-refractivity contribution is -0.122. The van der Waals surface area contributed by atoms with Gasteiger partial charge >= 0.3 is 5.69 Å². The van der Waals surface area contributed by atoms with Gasteiger partial charge in [-0.2, -0.15) is 0 Å². The van der Waals surface area contributed by atoms with Crippen molar-refractivity contribution in [3.63, 3.8) is 0 Å². The smallest absolute Gasteiger partial charge is 0.329 e. The summed E-state index contributed by atoms with van der Waals surface area (Å²) in [5.74, 6) is 1.27. The van der Waals surface area contributed by atoms with Gasteiger partial charge in [-0.05, 0) is 45.0 Å². The molecule has 0 aliphatic rings. The molecule has 0 saturated carbocycles. The van der Waals surface area contributed by atoms with Crippen LogP contribution >= 0.6 is 0 Å². The van der Waals surface area contributed by atoms with Crippen LogP contribution in [-0.2, 0) is 17.9 Å². The first kappa shape index (κ1) is 16.1. The van der Waals surface area contributed by atoms with Crippen LogP contribution in [0, 0.1) is 6.92 Å². The molecule has 0 fully saturated rings. The molecule has 3 rings (SSSR count). The first-order valence-corrected chi connectivity index (χ1v) is 8.05. The highest BCUT2D eigenvalue weighted by atomic mass is 16.3. The zero-order valence-electron chi connectivity index (χ0n) is 14.1. The number of para-hydroxylation sites is 2. The summed E-state index contributed by atoms with van der Waals surface area (Å²) in [5, 5.41) is 2.88. The van der Waals surface area contributed by atoms with Crippen LogP contribution in [0.5, 0.6) is 0 Å². The van der Waals surface area contributed by atoms with E-state index < -0.39 is 0 Å². The number of aryl methyl sites for hydroxylation is 2. The minimum Gasteiger partial charge on any atom is -0.464 e. The lowest BCUT2D eigenvalue weighted by atomic mass is 10.2. The molecule has 0 bridgehead atoms. The van der Waals surface area contributed by atoms with Gasteiger partial charge in [-0.25, -0.2) is 4.79 Å². The Hall–Kier alpha value is -2.76. The van der Waals surface area contributed by atoms with Crippen LogP contribution < -0.4 is 11.0 Å². The fourth-order valence-electron chi connectivity index (χ4n) is 2.92. The quantitative estimate of drug-likeness (QED) is 0.783. The summed E-state index contributed by atoms with van der Waals surface area (Å²) in [6, 6.07) is 11.0. The lowest BCUT2D eigenvalue weighted by Crippen LogP contribution is -2.34. The number of nitrogens with one attached hydrogen (secondary N) is 1. The Labute approximate surface area is 139 Å². The summed E-state index contributed by atoms with van der Waals surface area (Å²) < 4.78 is 8.70. The fourth-order valence-corrected chi connectivity index (χ4v) is 2.92. The molecule has 1 aromatic carbocycles. The second kappa shape index (κ2) is 6.39. The zero-order chi connectivity index (χ0) is 17.3. The molecule has 1 unspecified atom stereocenters. The topological polar surface area (TPSA) is 69.2 Å². The normalized spacial score (nSPS) is 12.5. The summed E-state index contributed by atoms with van der Waals surface area (Å²) in [6.07, 6.45) is 0. The van der Waals surface area contributed by atoms with Gasteiger partial charge in [0.05, 0.1) is 17.1 Å². The summed E-state index contributed by atoms with van der Waals surface area (Å²) >= 11 is 0. The number of nitrogens with zero attached hydrogens (tertiary/aromatic N) is 2. The van der Waals surface area contributed by atoms with Crippen LogP contribution in [0.15, 0.2) is 45.6 Å². The van der Waals surface area contributed by atoms with Gasteiger partial charge in [-0.3, -0.25) is 13.9 Å². The number of carbonyl (C=O) groups is 1. The molecule has 0 aliphatic carbocycles. The molecule has 3 aromatic rings. The number of rotatable bonds is 5. The van der Waals surface area contributed by atoms with Crippen molar-refractivity contribution in [2.24, 2.45) is 0 Å². The predicted octanol–water partition coefficient (Wildman–Crippen LogP) is 2.60. The van der Waals surface area contributed by atoms with Gasteiger partial charge in [-0.1, -0.05) is 12.1 Å². The predicted molar refractivity (Wildman–Crippen MR) is 91.9 cm³/mol. The van der Waals surface area contributed by atoms with E-state index in [1.54, 1.807) is 4.57 Å². The molecule has 2 aromatic heterocycles. The van der Waals surface area contributed by atoms with Crippen molar-refractivity contribution in [3.05, 3.63) is 58.4 Å². The van der Waals surface area contributed by atoms with Gasteiger partial charge in [0.25, 0.3) is 0 Å². The molecule has 2 heterocycles. The highest BCUT2D eigenvalue weighted by Gasteiger charge is 2.17. The molecule has 1 atom stereocenters. The Morgan fingerprint density at radius 2 is 1.83 bits per heavy atom. The Morgan fingerprint density at radius 3 is 2.42 bits per heavy atom. The van der Waals surface area contributed by atoms with E-state index in [0.29, 0.717) is 12.3 Å². The third kappa shape index (κ3) is 2.87. The van der Waals surface area contributed by atoms with E-state index in [4.69, 9.17) is 4.42 Å².